The molecule has 1 aliphatic rings. The highest BCUT2D eigenvalue weighted by Crippen LogP contribution is 2.25. The fraction of sp³-hybridized carbons (Fsp3) is 0.125. The third-order valence-electron chi connectivity index (χ3n) is 1.51. The van der Waals surface area contributed by atoms with E-state index in [9.17, 15) is 4.79 Å². The Kier molecular flexibility index (Phi) is 4.03. The Morgan fingerprint density at radius 3 is 2.19 bits per heavy atom. The highest BCUT2D eigenvalue weighted by atomic mass is 31.2. The van der Waals surface area contributed by atoms with Gasteiger partial charge in [-0.15, -0.1) is 0 Å². The number of amides is 1. The number of phosphoric acid groups is 1. The van der Waals surface area contributed by atoms with Crippen LogP contribution in [0.4, 0.5) is 0 Å². The summed E-state index contributed by atoms with van der Waals surface area (Å²) in [5, 5.41) is 1.50. The molecule has 8 heteroatoms. The molecular formula is C8H9N2O5P. The van der Waals surface area contributed by atoms with Gasteiger partial charge in [0.15, 0.2) is 0 Å². The standard InChI is InChI=1S/C8H6N2O.H3O4P/c11-8-5-9-6-3-1-2-4-7(6)10-8;1-5(2,3)4/h1-4H,5H2;(H3,1,2,3,4). The minimum absolute atomic E-state index is 0.163. The van der Waals surface area contributed by atoms with Gasteiger partial charge in [-0.3, -0.25) is 9.79 Å². The lowest BCUT2D eigenvalue weighted by atomic mass is 10.3. The quantitative estimate of drug-likeness (QED) is 0.481. The van der Waals surface area contributed by atoms with Crippen LogP contribution in [0.3, 0.4) is 0 Å². The summed E-state index contributed by atoms with van der Waals surface area (Å²) < 4.78 is 8.88. The Bertz CT molecular complexity index is 542. The largest absolute Gasteiger partial charge is 0.466 e. The molecule has 1 amide bonds. The second kappa shape index (κ2) is 5.09. The molecule has 1 aromatic carbocycles. The van der Waals surface area contributed by atoms with Crippen LogP contribution >= 0.6 is 7.82 Å². The molecule has 0 bridgehead atoms. The summed E-state index contributed by atoms with van der Waals surface area (Å²) in [4.78, 5) is 40.2. The first-order valence-corrected chi connectivity index (χ1v) is 5.72. The SMILES string of the molecule is O=C1CN=c2ccccc2=N1.O=P(O)(O)O. The fourth-order valence-electron chi connectivity index (χ4n) is 1.01. The molecule has 0 spiro atoms. The average Bonchev–Trinajstić information content (AvgIpc) is 2.15. The number of hydrogen-bond acceptors (Lipinski definition) is 3. The van der Waals surface area contributed by atoms with Gasteiger partial charge >= 0.3 is 7.82 Å². The lowest BCUT2D eigenvalue weighted by Crippen LogP contribution is -2.31. The van der Waals surface area contributed by atoms with Gasteiger partial charge in [-0.2, -0.15) is 0 Å². The predicted octanol–water partition coefficient (Wildman–Crippen LogP) is -1.46. The highest BCUT2D eigenvalue weighted by Gasteiger charge is 2.01. The molecule has 7 nitrogen and oxygen atoms in total. The normalized spacial score (nSPS) is 13.8. The van der Waals surface area contributed by atoms with E-state index in [-0.39, 0.29) is 12.5 Å². The lowest BCUT2D eigenvalue weighted by molar-refractivity contribution is -0.116. The van der Waals surface area contributed by atoms with Crippen molar-refractivity contribution in [3.8, 4) is 0 Å². The van der Waals surface area contributed by atoms with Gasteiger partial charge in [-0.1, -0.05) is 12.1 Å². The van der Waals surface area contributed by atoms with Crippen LogP contribution in [0.5, 0.6) is 0 Å². The maximum absolute atomic E-state index is 10.8. The molecule has 3 N–H and O–H groups in total. The van der Waals surface area contributed by atoms with Crippen LogP contribution in [0.1, 0.15) is 0 Å². The molecule has 0 saturated carbocycles. The van der Waals surface area contributed by atoms with Gasteiger partial charge in [-0.05, 0) is 12.1 Å². The molecule has 1 aliphatic heterocycles. The Morgan fingerprint density at radius 2 is 1.62 bits per heavy atom. The maximum Gasteiger partial charge on any atom is 0.466 e. The van der Waals surface area contributed by atoms with Crippen molar-refractivity contribution in [2.75, 3.05) is 6.54 Å². The van der Waals surface area contributed by atoms with Crippen LogP contribution < -0.4 is 10.7 Å². The molecule has 1 aromatic rings. The zero-order valence-electron chi connectivity index (χ0n) is 8.02. The van der Waals surface area contributed by atoms with Crippen molar-refractivity contribution in [3.63, 3.8) is 0 Å². The van der Waals surface area contributed by atoms with E-state index in [0.29, 0.717) is 5.36 Å². The number of benzene rings is 1. The fourth-order valence-corrected chi connectivity index (χ4v) is 1.01. The van der Waals surface area contributed by atoms with Crippen molar-refractivity contribution in [1.29, 1.82) is 0 Å². The van der Waals surface area contributed by atoms with Crippen LogP contribution in [0.2, 0.25) is 0 Å². The van der Waals surface area contributed by atoms with Gasteiger partial charge in [0.05, 0.1) is 10.7 Å². The molecule has 16 heavy (non-hydrogen) atoms. The summed E-state index contributed by atoms with van der Waals surface area (Å²) >= 11 is 0. The first-order chi connectivity index (χ1) is 7.36. The van der Waals surface area contributed by atoms with Gasteiger partial charge in [0, 0.05) is 0 Å². The zero-order valence-corrected chi connectivity index (χ0v) is 8.91. The summed E-state index contributed by atoms with van der Waals surface area (Å²) in [6, 6.07) is 7.37. The second-order valence-corrected chi connectivity index (χ2v) is 3.85. The van der Waals surface area contributed by atoms with Crippen molar-refractivity contribution in [2.45, 2.75) is 0 Å². The number of nitrogens with zero attached hydrogens (tertiary/aromatic N) is 2. The molecule has 0 atom stereocenters. The van der Waals surface area contributed by atoms with Gasteiger partial charge in [0.2, 0.25) is 0 Å². The first-order valence-electron chi connectivity index (χ1n) is 4.15. The van der Waals surface area contributed by atoms with Crippen molar-refractivity contribution in [3.05, 3.63) is 35.0 Å². The number of rotatable bonds is 0. The average molecular weight is 244 g/mol. The van der Waals surface area contributed by atoms with Crippen LogP contribution in [-0.4, -0.2) is 27.1 Å². The minimum Gasteiger partial charge on any atom is -0.303 e. The van der Waals surface area contributed by atoms with E-state index in [1.165, 1.54) is 0 Å². The van der Waals surface area contributed by atoms with E-state index < -0.39 is 7.82 Å². The Hall–Kier alpha value is -1.40. The van der Waals surface area contributed by atoms with Crippen molar-refractivity contribution >= 4 is 13.7 Å². The summed E-state index contributed by atoms with van der Waals surface area (Å²) in [5.41, 5.74) is 0. The summed E-state index contributed by atoms with van der Waals surface area (Å²) in [5.74, 6) is -0.163. The molecule has 0 unspecified atom stereocenters. The minimum atomic E-state index is -4.64. The van der Waals surface area contributed by atoms with E-state index in [0.717, 1.165) is 5.36 Å². The molecule has 0 aromatic heterocycles. The summed E-state index contributed by atoms with van der Waals surface area (Å²) in [6.07, 6.45) is 0. The van der Waals surface area contributed by atoms with Crippen molar-refractivity contribution < 1.29 is 24.0 Å². The third kappa shape index (κ3) is 4.90. The maximum atomic E-state index is 10.8. The van der Waals surface area contributed by atoms with Crippen LogP contribution in [0.25, 0.3) is 0 Å². The first kappa shape index (κ1) is 12.7. The van der Waals surface area contributed by atoms with Crippen LogP contribution in [0.15, 0.2) is 34.3 Å². The van der Waals surface area contributed by atoms with E-state index in [4.69, 9.17) is 19.2 Å². The molecule has 1 heterocycles. The molecule has 0 fully saturated rings. The number of carbonyl (C=O) groups is 1. The zero-order chi connectivity index (χ0) is 12.2. The molecular weight excluding hydrogens is 235 g/mol. The van der Waals surface area contributed by atoms with Crippen molar-refractivity contribution in [1.82, 2.24) is 0 Å². The van der Waals surface area contributed by atoms with Gasteiger partial charge in [-0.25, -0.2) is 9.56 Å². The highest BCUT2D eigenvalue weighted by molar-refractivity contribution is 7.45. The second-order valence-electron chi connectivity index (χ2n) is 2.82. The van der Waals surface area contributed by atoms with Gasteiger partial charge in [0.1, 0.15) is 6.54 Å². The lowest BCUT2D eigenvalue weighted by Gasteiger charge is -1.95. The van der Waals surface area contributed by atoms with E-state index >= 15 is 0 Å². The topological polar surface area (TPSA) is 120 Å². The Morgan fingerprint density at radius 1 is 1.12 bits per heavy atom. The van der Waals surface area contributed by atoms with Crippen LogP contribution in [-0.2, 0) is 9.36 Å². The predicted molar refractivity (Wildman–Crippen MR) is 52.9 cm³/mol. The molecule has 0 aliphatic carbocycles. The number of para-hydroxylation sites is 2. The van der Waals surface area contributed by atoms with Crippen molar-refractivity contribution in [2.24, 2.45) is 9.98 Å². The number of hydrogen-bond donors (Lipinski definition) is 3. The van der Waals surface area contributed by atoms with E-state index in [1.807, 2.05) is 18.2 Å². The molecule has 0 radical (unpaired) electrons. The third-order valence-corrected chi connectivity index (χ3v) is 1.51. The molecule has 2 rings (SSSR count). The smallest absolute Gasteiger partial charge is 0.303 e. The monoisotopic (exact) mass is 244 g/mol. The van der Waals surface area contributed by atoms with E-state index in [1.54, 1.807) is 6.07 Å². The van der Waals surface area contributed by atoms with E-state index in [2.05, 4.69) is 9.98 Å². The number of fused-ring (bicyclic) bond motifs is 1. The van der Waals surface area contributed by atoms with Gasteiger partial charge < -0.3 is 14.7 Å². The Labute approximate surface area is 90.0 Å². The molecule has 86 valence electrons. The number of carbonyl (C=O) groups excluding carboxylic acids is 1. The van der Waals surface area contributed by atoms with Gasteiger partial charge in [0.25, 0.3) is 5.91 Å². The summed E-state index contributed by atoms with van der Waals surface area (Å²) in [6.45, 7) is 0.191. The van der Waals surface area contributed by atoms with Crippen LogP contribution in [0, 0.1) is 0 Å². The summed E-state index contributed by atoms with van der Waals surface area (Å²) in [7, 11) is -4.64. The Balaban J connectivity index is 0.000000221. The molecule has 0 saturated heterocycles.